The van der Waals surface area contributed by atoms with E-state index in [9.17, 15) is 17.6 Å². The summed E-state index contributed by atoms with van der Waals surface area (Å²) >= 11 is 0. The fraction of sp³-hybridized carbons (Fsp3) is 0.682. The lowest BCUT2D eigenvalue weighted by Gasteiger charge is -2.16. The van der Waals surface area contributed by atoms with E-state index < -0.39 is 21.9 Å². The number of sulfonamides is 1. The van der Waals surface area contributed by atoms with Gasteiger partial charge in [-0.1, -0.05) is 25.3 Å². The molecule has 0 heterocycles. The third-order valence-corrected chi connectivity index (χ3v) is 6.67. The van der Waals surface area contributed by atoms with E-state index in [1.165, 1.54) is 18.9 Å². The number of benzene rings is 1. The van der Waals surface area contributed by atoms with Crippen LogP contribution in [0.1, 0.15) is 64.0 Å². The van der Waals surface area contributed by atoms with Crippen molar-refractivity contribution in [2.45, 2.75) is 58.4 Å². The second-order valence-corrected chi connectivity index (χ2v) is 9.84. The largest absolute Gasteiger partial charge is 0.490 e. The van der Waals surface area contributed by atoms with E-state index in [0.29, 0.717) is 37.7 Å². The van der Waals surface area contributed by atoms with E-state index in [1.807, 2.05) is 0 Å². The van der Waals surface area contributed by atoms with Crippen molar-refractivity contribution in [3.63, 3.8) is 0 Å². The molecule has 0 saturated heterocycles. The Bertz CT molecular complexity index is 799. The van der Waals surface area contributed by atoms with Crippen molar-refractivity contribution in [1.29, 1.82) is 0 Å². The van der Waals surface area contributed by atoms with E-state index in [-0.39, 0.29) is 24.0 Å². The monoisotopic (exact) mass is 458 g/mol. The summed E-state index contributed by atoms with van der Waals surface area (Å²) in [6.07, 6.45) is 5.36. The smallest absolute Gasteiger partial charge is 0.319 e. The quantitative estimate of drug-likeness (QED) is 0.292. The van der Waals surface area contributed by atoms with Gasteiger partial charge in [-0.2, -0.15) is 0 Å². The van der Waals surface area contributed by atoms with Gasteiger partial charge >= 0.3 is 5.97 Å². The summed E-state index contributed by atoms with van der Waals surface area (Å²) in [5.41, 5.74) is 0.662. The Morgan fingerprint density at radius 1 is 1.26 bits per heavy atom. The molecule has 0 amide bonds. The third kappa shape index (κ3) is 10.4. The molecule has 0 aliphatic heterocycles. The van der Waals surface area contributed by atoms with E-state index in [0.717, 1.165) is 19.3 Å². The van der Waals surface area contributed by atoms with E-state index in [2.05, 4.69) is 10.0 Å². The first-order valence-corrected chi connectivity index (χ1v) is 12.7. The van der Waals surface area contributed by atoms with Crippen molar-refractivity contribution in [2.24, 2.45) is 5.92 Å². The van der Waals surface area contributed by atoms with Gasteiger partial charge in [0.1, 0.15) is 0 Å². The van der Waals surface area contributed by atoms with Crippen LogP contribution in [-0.4, -0.2) is 46.4 Å². The summed E-state index contributed by atoms with van der Waals surface area (Å²) < 4.78 is 51.8. The van der Waals surface area contributed by atoms with Crippen LogP contribution < -0.4 is 14.8 Å². The van der Waals surface area contributed by atoms with Crippen molar-refractivity contribution in [1.82, 2.24) is 10.0 Å². The highest BCUT2D eigenvalue weighted by atomic mass is 32.2. The molecule has 1 aliphatic carbocycles. The predicted octanol–water partition coefficient (Wildman–Crippen LogP) is 3.31. The highest BCUT2D eigenvalue weighted by Gasteiger charge is 2.21. The van der Waals surface area contributed by atoms with Gasteiger partial charge in [-0.05, 0) is 63.3 Å². The number of hydrogen-bond donors (Lipinski definition) is 2. The summed E-state index contributed by atoms with van der Waals surface area (Å²) in [4.78, 5) is 11.2. The number of rotatable bonds is 16. The van der Waals surface area contributed by atoms with Gasteiger partial charge in [-0.3, -0.25) is 4.79 Å². The highest BCUT2D eigenvalue weighted by molar-refractivity contribution is 7.89. The summed E-state index contributed by atoms with van der Waals surface area (Å²) in [5, 5.41) is 2.97. The van der Waals surface area contributed by atoms with Crippen molar-refractivity contribution in [2.75, 3.05) is 32.1 Å². The third-order valence-electron chi connectivity index (χ3n) is 5.13. The second kappa shape index (κ2) is 13.0. The van der Waals surface area contributed by atoms with Crippen LogP contribution in [-0.2, 0) is 19.6 Å². The maximum atomic E-state index is 14.0. The van der Waals surface area contributed by atoms with Crippen LogP contribution in [0.2, 0.25) is 0 Å². The highest BCUT2D eigenvalue weighted by Crippen LogP contribution is 2.32. The molecular formula is C22H35FN2O5S. The molecule has 1 fully saturated rings. The predicted molar refractivity (Wildman–Crippen MR) is 118 cm³/mol. The Hall–Kier alpha value is -1.71. The zero-order valence-corrected chi connectivity index (χ0v) is 19.3. The van der Waals surface area contributed by atoms with Gasteiger partial charge < -0.3 is 14.8 Å². The molecular weight excluding hydrogens is 423 g/mol. The molecule has 7 nitrogen and oxygen atoms in total. The van der Waals surface area contributed by atoms with Gasteiger partial charge in [0.2, 0.25) is 10.0 Å². The molecule has 1 aromatic rings. The number of carbonyl (C=O) groups excluding carboxylic acids is 1. The first-order valence-electron chi connectivity index (χ1n) is 11.1. The number of nitrogens with one attached hydrogen (secondary N) is 2. The molecule has 9 heteroatoms. The molecule has 0 spiro atoms. The van der Waals surface area contributed by atoms with Crippen molar-refractivity contribution < 1.29 is 27.1 Å². The zero-order chi connectivity index (χ0) is 22.7. The van der Waals surface area contributed by atoms with Gasteiger partial charge in [0, 0.05) is 6.04 Å². The Balaban J connectivity index is 1.69. The standard InChI is InChI=1S/C22H35FN2O5S/c1-3-29-22(26)16-24-12-5-4-6-14-31(27,28)25-17(2)19-9-10-20(23)21(15-19)30-13-11-18-7-8-18/h9-10,15,17-18,24-25H,3-8,11-14,16H2,1-2H3/t17-/m0/s1. The Labute approximate surface area is 185 Å². The minimum atomic E-state index is -3.46. The minimum Gasteiger partial charge on any atom is -0.490 e. The van der Waals surface area contributed by atoms with Crippen LogP contribution in [0.25, 0.3) is 0 Å². The lowest BCUT2D eigenvalue weighted by Crippen LogP contribution is -2.29. The fourth-order valence-electron chi connectivity index (χ4n) is 3.16. The fourth-order valence-corrected chi connectivity index (χ4v) is 4.54. The molecule has 1 aromatic carbocycles. The van der Waals surface area contributed by atoms with Crippen molar-refractivity contribution >= 4 is 16.0 Å². The average Bonchev–Trinajstić information content (AvgIpc) is 3.53. The second-order valence-electron chi connectivity index (χ2n) is 7.97. The summed E-state index contributed by atoms with van der Waals surface area (Å²) in [7, 11) is -3.46. The molecule has 2 N–H and O–H groups in total. The number of halogens is 1. The molecule has 1 aliphatic rings. The van der Waals surface area contributed by atoms with Crippen LogP contribution in [0, 0.1) is 11.7 Å². The lowest BCUT2D eigenvalue weighted by atomic mass is 10.1. The first kappa shape index (κ1) is 25.5. The molecule has 0 radical (unpaired) electrons. The molecule has 2 rings (SSSR count). The Morgan fingerprint density at radius 3 is 2.74 bits per heavy atom. The van der Waals surface area contributed by atoms with Gasteiger partial charge in [-0.15, -0.1) is 0 Å². The van der Waals surface area contributed by atoms with Gasteiger partial charge in [0.25, 0.3) is 0 Å². The van der Waals surface area contributed by atoms with Gasteiger partial charge in [-0.25, -0.2) is 17.5 Å². The van der Waals surface area contributed by atoms with Crippen LogP contribution in [0.4, 0.5) is 4.39 Å². The average molecular weight is 459 g/mol. The van der Waals surface area contributed by atoms with Gasteiger partial charge in [0.15, 0.2) is 11.6 Å². The van der Waals surface area contributed by atoms with Crippen molar-refractivity contribution in [3.05, 3.63) is 29.6 Å². The van der Waals surface area contributed by atoms with Gasteiger partial charge in [0.05, 0.1) is 25.5 Å². The van der Waals surface area contributed by atoms with Crippen LogP contribution in [0.3, 0.4) is 0 Å². The molecule has 1 atom stereocenters. The summed E-state index contributed by atoms with van der Waals surface area (Å²) in [5.74, 6) is 0.151. The van der Waals surface area contributed by atoms with E-state index >= 15 is 0 Å². The molecule has 176 valence electrons. The molecule has 1 saturated carbocycles. The van der Waals surface area contributed by atoms with Crippen molar-refractivity contribution in [3.8, 4) is 5.75 Å². The van der Waals surface area contributed by atoms with E-state index in [4.69, 9.17) is 9.47 Å². The maximum Gasteiger partial charge on any atom is 0.319 e. The topological polar surface area (TPSA) is 93.7 Å². The summed E-state index contributed by atoms with van der Waals surface area (Å²) in [6.45, 7) is 5.11. The Morgan fingerprint density at radius 2 is 2.03 bits per heavy atom. The number of hydrogen-bond acceptors (Lipinski definition) is 6. The number of carbonyl (C=O) groups is 1. The van der Waals surface area contributed by atoms with Crippen LogP contribution in [0.15, 0.2) is 18.2 Å². The normalized spacial score (nSPS) is 14.9. The molecule has 0 aromatic heterocycles. The van der Waals surface area contributed by atoms with E-state index in [1.54, 1.807) is 26.0 Å². The molecule has 0 unspecified atom stereocenters. The SMILES string of the molecule is CCOC(=O)CNCCCCCS(=O)(=O)N[C@@H](C)c1ccc(F)c(OCCC2CC2)c1. The van der Waals surface area contributed by atoms with Crippen LogP contribution >= 0.6 is 0 Å². The number of esters is 1. The van der Waals surface area contributed by atoms with Crippen LogP contribution in [0.5, 0.6) is 5.75 Å². The Kier molecular flexibility index (Phi) is 10.7. The lowest BCUT2D eigenvalue weighted by molar-refractivity contribution is -0.141. The maximum absolute atomic E-state index is 14.0. The number of unbranched alkanes of at least 4 members (excludes halogenated alkanes) is 2. The zero-order valence-electron chi connectivity index (χ0n) is 18.5. The molecule has 0 bridgehead atoms. The minimum absolute atomic E-state index is 0.0150. The molecule has 31 heavy (non-hydrogen) atoms. The summed E-state index contributed by atoms with van der Waals surface area (Å²) in [6, 6.07) is 3.98. The number of ether oxygens (including phenoxy) is 2. The first-order chi connectivity index (χ1) is 14.8.